The first kappa shape index (κ1) is 23.8. The Balaban J connectivity index is 2.18. The summed E-state index contributed by atoms with van der Waals surface area (Å²) in [5, 5.41) is 34.7. The molecule has 12 heteroatoms. The van der Waals surface area contributed by atoms with Crippen molar-refractivity contribution in [2.45, 2.75) is 19.0 Å². The molecule has 1 aromatic carbocycles. The Morgan fingerprint density at radius 3 is 2.56 bits per heavy atom. The van der Waals surface area contributed by atoms with E-state index in [1.54, 1.807) is 12.1 Å². The third-order valence-electron chi connectivity index (χ3n) is 4.34. The van der Waals surface area contributed by atoms with Crippen LogP contribution in [0.1, 0.15) is 12.0 Å². The molecule has 0 heterocycles. The van der Waals surface area contributed by atoms with Gasteiger partial charge < -0.3 is 26.6 Å². The molecule has 0 fully saturated rings. The number of carboxylic acid groups (broad SMARTS) is 1. The molecule has 0 saturated carbocycles. The van der Waals surface area contributed by atoms with Gasteiger partial charge >= 0.3 is 5.97 Å². The van der Waals surface area contributed by atoms with Gasteiger partial charge in [0, 0.05) is 18.2 Å². The molecule has 1 unspecified atom stereocenters. The minimum Gasteiger partial charge on any atom is -0.508 e. The predicted octanol–water partition coefficient (Wildman–Crippen LogP) is -0.274. The highest BCUT2D eigenvalue weighted by molar-refractivity contribution is 5.97. The second-order valence-electron chi connectivity index (χ2n) is 6.73. The van der Waals surface area contributed by atoms with Crippen molar-refractivity contribution >= 4 is 23.7 Å². The molecule has 6 N–H and O–H groups in total. The fourth-order valence-electron chi connectivity index (χ4n) is 2.81. The minimum absolute atomic E-state index is 0.00810. The number of aliphatic carboxylic acids is 1. The number of nitro groups is 1. The summed E-state index contributed by atoms with van der Waals surface area (Å²) in [6.45, 7) is 0.0350. The summed E-state index contributed by atoms with van der Waals surface area (Å²) in [5.41, 5.74) is 4.77. The maximum Gasteiger partial charge on any atom is 0.326 e. The van der Waals surface area contributed by atoms with Crippen molar-refractivity contribution in [2.75, 3.05) is 0 Å². The van der Waals surface area contributed by atoms with Crippen LogP contribution in [0.4, 0.5) is 0 Å². The molecule has 1 aliphatic carbocycles. The zero-order chi connectivity index (χ0) is 23.8. The number of rotatable bonds is 9. The molecule has 3 amide bonds. The van der Waals surface area contributed by atoms with Gasteiger partial charge in [0.15, 0.2) is 0 Å². The standard InChI is InChI=1S/C20H20N4O8/c21-17(26)9-15(20(29)30)23-19(28)14-6-2-4-12(8-16(14)24(31)32)18(27)22-10-11-3-1-5-13(25)7-11/h1-8,14-15,25H,9-10H2,(H2,21,26)(H,22,27)(H,23,28)(H,29,30)/t14?,15-/m0/s1. The topological polar surface area (TPSA) is 202 Å². The van der Waals surface area contributed by atoms with Crippen LogP contribution in [0.25, 0.3) is 0 Å². The van der Waals surface area contributed by atoms with Crippen LogP contribution in [0.5, 0.6) is 5.75 Å². The van der Waals surface area contributed by atoms with Gasteiger partial charge in [-0.3, -0.25) is 24.5 Å². The second-order valence-corrected chi connectivity index (χ2v) is 6.73. The van der Waals surface area contributed by atoms with Gasteiger partial charge in [0.05, 0.1) is 11.3 Å². The van der Waals surface area contributed by atoms with E-state index >= 15 is 0 Å². The molecular formula is C20H20N4O8. The quantitative estimate of drug-likeness (QED) is 0.253. The molecule has 2 atom stereocenters. The van der Waals surface area contributed by atoms with Gasteiger partial charge in [-0.05, 0) is 23.8 Å². The summed E-state index contributed by atoms with van der Waals surface area (Å²) in [4.78, 5) is 57.9. The molecule has 0 aromatic heterocycles. The number of carbonyl (C=O) groups is 4. The first-order chi connectivity index (χ1) is 15.1. The number of allylic oxidation sites excluding steroid dienone is 2. The molecule has 0 saturated heterocycles. The number of amides is 3. The van der Waals surface area contributed by atoms with Gasteiger partial charge in [-0.15, -0.1) is 0 Å². The van der Waals surface area contributed by atoms with E-state index in [9.17, 15) is 34.4 Å². The highest BCUT2D eigenvalue weighted by atomic mass is 16.6. The molecule has 1 aliphatic rings. The van der Waals surface area contributed by atoms with Crippen molar-refractivity contribution in [2.24, 2.45) is 11.7 Å². The van der Waals surface area contributed by atoms with E-state index in [0.717, 1.165) is 12.2 Å². The fraction of sp³-hybridized carbons (Fsp3) is 0.200. The van der Waals surface area contributed by atoms with E-state index < -0.39 is 52.7 Å². The van der Waals surface area contributed by atoms with Crippen LogP contribution in [-0.2, 0) is 25.7 Å². The lowest BCUT2D eigenvalue weighted by Gasteiger charge is -2.16. The summed E-state index contributed by atoms with van der Waals surface area (Å²) in [6, 6.07) is 4.47. The van der Waals surface area contributed by atoms with E-state index in [2.05, 4.69) is 5.32 Å². The highest BCUT2D eigenvalue weighted by Gasteiger charge is 2.34. The lowest BCUT2D eigenvalue weighted by atomic mass is 10.0. The maximum absolute atomic E-state index is 12.5. The number of benzene rings is 1. The molecule has 0 aliphatic heterocycles. The number of primary amides is 1. The van der Waals surface area contributed by atoms with Crippen LogP contribution in [0.15, 0.2) is 59.8 Å². The zero-order valence-electron chi connectivity index (χ0n) is 16.6. The SMILES string of the molecule is NC(=O)C[C@H](NC(=O)C1C=CC=C(C(=O)NCc2cccc(O)c2)C=C1[N+](=O)[O-])C(=O)O. The van der Waals surface area contributed by atoms with Crippen molar-refractivity contribution < 1.29 is 34.3 Å². The lowest BCUT2D eigenvalue weighted by Crippen LogP contribution is -2.46. The van der Waals surface area contributed by atoms with Crippen molar-refractivity contribution in [1.29, 1.82) is 0 Å². The van der Waals surface area contributed by atoms with Gasteiger partial charge in [-0.25, -0.2) is 4.79 Å². The van der Waals surface area contributed by atoms with Crippen molar-refractivity contribution in [1.82, 2.24) is 10.6 Å². The van der Waals surface area contributed by atoms with E-state index in [4.69, 9.17) is 10.8 Å². The number of nitrogens with two attached hydrogens (primary N) is 1. The molecule has 12 nitrogen and oxygen atoms in total. The Kier molecular flexibility index (Phi) is 7.82. The number of hydrogen-bond donors (Lipinski definition) is 5. The molecule has 0 bridgehead atoms. The number of aromatic hydroxyl groups is 1. The number of carbonyl (C=O) groups excluding carboxylic acids is 3. The third-order valence-corrected chi connectivity index (χ3v) is 4.34. The minimum atomic E-state index is -1.66. The Bertz CT molecular complexity index is 1040. The van der Waals surface area contributed by atoms with E-state index in [1.807, 2.05) is 5.32 Å². The molecule has 32 heavy (non-hydrogen) atoms. The average Bonchev–Trinajstić information content (AvgIpc) is 2.94. The fourth-order valence-corrected chi connectivity index (χ4v) is 2.81. The maximum atomic E-state index is 12.5. The first-order valence-electron chi connectivity index (χ1n) is 9.20. The zero-order valence-corrected chi connectivity index (χ0v) is 16.6. The summed E-state index contributed by atoms with van der Waals surface area (Å²) >= 11 is 0. The summed E-state index contributed by atoms with van der Waals surface area (Å²) < 4.78 is 0. The van der Waals surface area contributed by atoms with Crippen LogP contribution in [0.2, 0.25) is 0 Å². The Labute approximate surface area is 181 Å². The van der Waals surface area contributed by atoms with Crippen molar-refractivity contribution in [3.05, 3.63) is 75.5 Å². The Hall–Kier alpha value is -4.48. The summed E-state index contributed by atoms with van der Waals surface area (Å²) in [5.74, 6) is -5.75. The van der Waals surface area contributed by atoms with Gasteiger partial charge in [0.1, 0.15) is 17.7 Å². The predicted molar refractivity (Wildman–Crippen MR) is 109 cm³/mol. The van der Waals surface area contributed by atoms with Gasteiger partial charge in [-0.2, -0.15) is 0 Å². The number of nitrogens with one attached hydrogen (secondary N) is 2. The number of phenols is 1. The Morgan fingerprint density at radius 1 is 1.25 bits per heavy atom. The van der Waals surface area contributed by atoms with Crippen molar-refractivity contribution in [3.63, 3.8) is 0 Å². The number of phenolic OH excluding ortho intramolecular Hbond substituents is 1. The van der Waals surface area contributed by atoms with E-state index in [1.165, 1.54) is 24.3 Å². The first-order valence-corrected chi connectivity index (χ1v) is 9.20. The smallest absolute Gasteiger partial charge is 0.326 e. The molecule has 0 radical (unpaired) electrons. The summed E-state index contributed by atoms with van der Waals surface area (Å²) in [6.07, 6.45) is 3.85. The van der Waals surface area contributed by atoms with E-state index in [0.29, 0.717) is 5.56 Å². The average molecular weight is 444 g/mol. The van der Waals surface area contributed by atoms with Gasteiger partial charge in [-0.1, -0.05) is 24.3 Å². The molecule has 168 valence electrons. The van der Waals surface area contributed by atoms with Gasteiger partial charge in [0.25, 0.3) is 11.6 Å². The summed E-state index contributed by atoms with van der Waals surface area (Å²) in [7, 11) is 0. The van der Waals surface area contributed by atoms with Crippen LogP contribution in [-0.4, -0.2) is 44.9 Å². The second kappa shape index (κ2) is 10.5. The molecular weight excluding hydrogens is 424 g/mol. The molecule has 2 rings (SSSR count). The Morgan fingerprint density at radius 2 is 1.97 bits per heavy atom. The lowest BCUT2D eigenvalue weighted by molar-refractivity contribution is -0.430. The number of carboxylic acids is 1. The number of hydrogen-bond acceptors (Lipinski definition) is 7. The normalized spacial score (nSPS) is 16.1. The van der Waals surface area contributed by atoms with Gasteiger partial charge in [0.2, 0.25) is 11.8 Å². The monoisotopic (exact) mass is 444 g/mol. The number of nitrogens with zero attached hydrogens (tertiary/aromatic N) is 1. The third kappa shape index (κ3) is 6.52. The largest absolute Gasteiger partial charge is 0.508 e. The van der Waals surface area contributed by atoms with Crippen LogP contribution < -0.4 is 16.4 Å². The molecule has 0 spiro atoms. The van der Waals surface area contributed by atoms with Crippen molar-refractivity contribution in [3.8, 4) is 5.75 Å². The van der Waals surface area contributed by atoms with Crippen LogP contribution in [0, 0.1) is 16.0 Å². The molecule has 1 aromatic rings. The highest BCUT2D eigenvalue weighted by Crippen LogP contribution is 2.21. The van der Waals surface area contributed by atoms with E-state index in [-0.39, 0.29) is 17.9 Å². The van der Waals surface area contributed by atoms with Crippen LogP contribution >= 0.6 is 0 Å². The van der Waals surface area contributed by atoms with Crippen LogP contribution in [0.3, 0.4) is 0 Å².